The summed E-state index contributed by atoms with van der Waals surface area (Å²) in [5.74, 6) is 0.924. The Morgan fingerprint density at radius 1 is 1.26 bits per heavy atom. The highest BCUT2D eigenvalue weighted by molar-refractivity contribution is 9.10. The molecule has 0 fully saturated rings. The van der Waals surface area contributed by atoms with E-state index in [0.717, 1.165) is 38.1 Å². The molecule has 0 unspecified atom stereocenters. The lowest BCUT2D eigenvalue weighted by atomic mass is 9.95. The van der Waals surface area contributed by atoms with E-state index >= 15 is 0 Å². The van der Waals surface area contributed by atoms with Gasteiger partial charge in [-0.25, -0.2) is 4.98 Å². The van der Waals surface area contributed by atoms with E-state index in [1.54, 1.807) is 0 Å². The molecule has 0 bridgehead atoms. The van der Waals surface area contributed by atoms with Gasteiger partial charge in [0.15, 0.2) is 0 Å². The Morgan fingerprint density at radius 3 is 2.59 bits per heavy atom. The molecule has 2 aromatic rings. The molecule has 0 aliphatic heterocycles. The molecule has 0 saturated carbocycles. The number of aromatic nitrogens is 1. The minimum Gasteiger partial charge on any atom is -0.493 e. The maximum absolute atomic E-state index is 9.61. The monoisotopic (exact) mass is 420 g/mol. The lowest BCUT2D eigenvalue weighted by Gasteiger charge is -2.11. The standard InChI is InChI=1S/C21H17BrN4O/c1-4-27-18-6-5-13(8-17(18)22)7-14-11(2)15(9-23)20-19(14)12(3)16(10-24)21(25)26-20/h5-8H,4H2,1-3H3,(H2,25,26)/b14-7+. The van der Waals surface area contributed by atoms with Crippen LogP contribution in [0, 0.1) is 29.6 Å². The molecule has 1 aliphatic rings. The molecule has 3 rings (SSSR count). The number of hydrogen-bond donors (Lipinski definition) is 1. The molecule has 0 atom stereocenters. The van der Waals surface area contributed by atoms with E-state index in [0.29, 0.717) is 23.4 Å². The highest BCUT2D eigenvalue weighted by Crippen LogP contribution is 2.44. The summed E-state index contributed by atoms with van der Waals surface area (Å²) < 4.78 is 6.41. The number of nitrogens with two attached hydrogens (primary N) is 1. The van der Waals surface area contributed by atoms with Crippen molar-refractivity contribution in [2.45, 2.75) is 20.8 Å². The van der Waals surface area contributed by atoms with Crippen LogP contribution in [-0.2, 0) is 0 Å². The third-order valence-corrected chi connectivity index (χ3v) is 5.17. The first-order valence-corrected chi connectivity index (χ1v) is 9.18. The molecule has 0 radical (unpaired) electrons. The molecule has 6 heteroatoms. The molecular weight excluding hydrogens is 404 g/mol. The fourth-order valence-electron chi connectivity index (χ4n) is 3.24. The normalized spacial score (nSPS) is 14.1. The highest BCUT2D eigenvalue weighted by Gasteiger charge is 2.29. The van der Waals surface area contributed by atoms with Gasteiger partial charge in [-0.05, 0) is 77.2 Å². The van der Waals surface area contributed by atoms with Crippen molar-refractivity contribution in [2.75, 3.05) is 12.3 Å². The summed E-state index contributed by atoms with van der Waals surface area (Å²) in [7, 11) is 0. The Kier molecular flexibility index (Phi) is 5.03. The molecule has 1 aliphatic carbocycles. The number of fused-ring (bicyclic) bond motifs is 1. The van der Waals surface area contributed by atoms with Crippen LogP contribution in [0.4, 0.5) is 5.82 Å². The molecule has 5 nitrogen and oxygen atoms in total. The van der Waals surface area contributed by atoms with Crippen LogP contribution in [0.2, 0.25) is 0 Å². The Hall–Kier alpha value is -3.09. The summed E-state index contributed by atoms with van der Waals surface area (Å²) in [6.45, 7) is 6.24. The van der Waals surface area contributed by atoms with Crippen molar-refractivity contribution >= 4 is 39.0 Å². The van der Waals surface area contributed by atoms with E-state index in [4.69, 9.17) is 10.5 Å². The fourth-order valence-corrected chi connectivity index (χ4v) is 3.75. The summed E-state index contributed by atoms with van der Waals surface area (Å²) in [4.78, 5) is 4.34. The van der Waals surface area contributed by atoms with Crippen molar-refractivity contribution in [3.63, 3.8) is 0 Å². The maximum atomic E-state index is 9.61. The maximum Gasteiger partial charge on any atom is 0.142 e. The van der Waals surface area contributed by atoms with Crippen LogP contribution in [0.15, 0.2) is 28.2 Å². The van der Waals surface area contributed by atoms with Crippen molar-refractivity contribution in [1.82, 2.24) is 4.98 Å². The van der Waals surface area contributed by atoms with Gasteiger partial charge in [-0.2, -0.15) is 10.5 Å². The van der Waals surface area contributed by atoms with Gasteiger partial charge in [0.25, 0.3) is 0 Å². The van der Waals surface area contributed by atoms with Gasteiger partial charge in [0, 0.05) is 5.56 Å². The van der Waals surface area contributed by atoms with Crippen molar-refractivity contribution in [1.29, 1.82) is 10.5 Å². The van der Waals surface area contributed by atoms with Gasteiger partial charge in [-0.1, -0.05) is 6.07 Å². The second-order valence-electron chi connectivity index (χ2n) is 6.13. The second kappa shape index (κ2) is 7.26. The molecule has 27 heavy (non-hydrogen) atoms. The van der Waals surface area contributed by atoms with Gasteiger partial charge in [0.05, 0.1) is 27.9 Å². The molecule has 1 aromatic heterocycles. The van der Waals surface area contributed by atoms with Crippen molar-refractivity contribution < 1.29 is 4.74 Å². The summed E-state index contributed by atoms with van der Waals surface area (Å²) in [5.41, 5.74) is 11.5. The minimum absolute atomic E-state index is 0.152. The number of nitrogens with zero attached hydrogens (tertiary/aromatic N) is 3. The molecule has 1 heterocycles. The molecule has 0 spiro atoms. The van der Waals surface area contributed by atoms with Crippen LogP contribution in [-0.4, -0.2) is 11.6 Å². The second-order valence-corrected chi connectivity index (χ2v) is 6.98. The zero-order valence-electron chi connectivity index (χ0n) is 15.2. The molecule has 0 amide bonds. The Bertz CT molecular complexity index is 1100. The SMILES string of the molecule is CCOc1ccc(/C=C2\C(C)=C(C#N)c3nc(N)c(C#N)c(C)c32)cc1Br. The van der Waals surface area contributed by atoms with Crippen LogP contribution >= 0.6 is 15.9 Å². The highest BCUT2D eigenvalue weighted by atomic mass is 79.9. The fraction of sp³-hybridized carbons (Fsp3) is 0.190. The van der Waals surface area contributed by atoms with E-state index in [1.807, 2.05) is 45.0 Å². The number of rotatable bonds is 3. The first kappa shape index (κ1) is 18.7. The number of halogens is 1. The van der Waals surface area contributed by atoms with Gasteiger partial charge in [-0.15, -0.1) is 0 Å². The average molecular weight is 421 g/mol. The van der Waals surface area contributed by atoms with Crippen LogP contribution in [0.5, 0.6) is 5.75 Å². The summed E-state index contributed by atoms with van der Waals surface area (Å²) in [6.07, 6.45) is 1.99. The number of hydrogen-bond acceptors (Lipinski definition) is 5. The number of nitriles is 2. The number of nitrogen functional groups attached to an aromatic ring is 1. The van der Waals surface area contributed by atoms with E-state index < -0.39 is 0 Å². The summed E-state index contributed by atoms with van der Waals surface area (Å²) >= 11 is 3.53. The Labute approximate surface area is 166 Å². The Morgan fingerprint density at radius 2 is 2.00 bits per heavy atom. The van der Waals surface area contributed by atoms with E-state index in [9.17, 15) is 10.5 Å². The van der Waals surface area contributed by atoms with E-state index in [1.165, 1.54) is 0 Å². The Balaban J connectivity index is 2.23. The average Bonchev–Trinajstić information content (AvgIpc) is 2.89. The van der Waals surface area contributed by atoms with Gasteiger partial charge < -0.3 is 10.5 Å². The van der Waals surface area contributed by atoms with Crippen molar-refractivity contribution in [2.24, 2.45) is 0 Å². The smallest absolute Gasteiger partial charge is 0.142 e. The van der Waals surface area contributed by atoms with Crippen molar-refractivity contribution in [3.8, 4) is 17.9 Å². The predicted octanol–water partition coefficient (Wildman–Crippen LogP) is 4.86. The van der Waals surface area contributed by atoms with Crippen molar-refractivity contribution in [3.05, 3.63) is 56.2 Å². The number of anilines is 1. The van der Waals surface area contributed by atoms with Crippen LogP contribution < -0.4 is 10.5 Å². The largest absolute Gasteiger partial charge is 0.493 e. The third-order valence-electron chi connectivity index (χ3n) is 4.55. The zero-order chi connectivity index (χ0) is 19.7. The first-order valence-electron chi connectivity index (χ1n) is 8.39. The predicted molar refractivity (Wildman–Crippen MR) is 109 cm³/mol. The lowest BCUT2D eigenvalue weighted by molar-refractivity contribution is 0.338. The van der Waals surface area contributed by atoms with Gasteiger partial charge in [0.1, 0.15) is 23.7 Å². The molecule has 0 saturated heterocycles. The van der Waals surface area contributed by atoms with Crippen LogP contribution in [0.3, 0.4) is 0 Å². The molecule has 2 N–H and O–H groups in total. The lowest BCUT2D eigenvalue weighted by Crippen LogP contribution is -2.03. The van der Waals surface area contributed by atoms with Gasteiger partial charge >= 0.3 is 0 Å². The zero-order valence-corrected chi connectivity index (χ0v) is 16.8. The van der Waals surface area contributed by atoms with Crippen LogP contribution in [0.1, 0.15) is 41.8 Å². The number of benzene rings is 1. The summed E-state index contributed by atoms with van der Waals surface area (Å²) in [5, 5.41) is 19.0. The number of allylic oxidation sites excluding steroid dienone is 3. The van der Waals surface area contributed by atoms with E-state index in [2.05, 4.69) is 33.1 Å². The first-order chi connectivity index (χ1) is 12.9. The molecule has 1 aromatic carbocycles. The number of ether oxygens (including phenoxy) is 1. The quantitative estimate of drug-likeness (QED) is 0.764. The summed E-state index contributed by atoms with van der Waals surface area (Å²) in [6, 6.07) is 10.1. The topological polar surface area (TPSA) is 95.7 Å². The minimum atomic E-state index is 0.152. The molecular formula is C21H17BrN4O. The van der Waals surface area contributed by atoms with Gasteiger partial charge in [-0.3, -0.25) is 0 Å². The molecule has 134 valence electrons. The number of pyridine rings is 1. The van der Waals surface area contributed by atoms with Crippen LogP contribution in [0.25, 0.3) is 17.2 Å². The third kappa shape index (κ3) is 3.09. The van der Waals surface area contributed by atoms with Gasteiger partial charge in [0.2, 0.25) is 0 Å². The van der Waals surface area contributed by atoms with E-state index in [-0.39, 0.29) is 5.82 Å².